The summed E-state index contributed by atoms with van der Waals surface area (Å²) in [6, 6.07) is 0.755. The number of hydrogen-bond donors (Lipinski definition) is 1. The highest BCUT2D eigenvalue weighted by Gasteiger charge is 2.25. The van der Waals surface area contributed by atoms with Crippen molar-refractivity contribution >= 4 is 0 Å². The molecule has 1 fully saturated rings. The maximum absolute atomic E-state index is 5.54. The normalized spacial score (nSPS) is 33.6. The summed E-state index contributed by atoms with van der Waals surface area (Å²) in [7, 11) is 2.12. The standard InChI is InChI=1S/C8H18N2/c1-7-4-3-5-8(7)10(2)6-9/h7-8H,3-6,9H2,1-2H3. The van der Waals surface area contributed by atoms with E-state index in [1.54, 1.807) is 0 Å². The lowest BCUT2D eigenvalue weighted by molar-refractivity contribution is 0.211. The number of rotatable bonds is 2. The summed E-state index contributed by atoms with van der Waals surface area (Å²) in [5.41, 5.74) is 5.54. The second-order valence-corrected chi connectivity index (χ2v) is 3.42. The van der Waals surface area contributed by atoms with Gasteiger partial charge in [0.05, 0.1) is 0 Å². The van der Waals surface area contributed by atoms with E-state index in [1.165, 1.54) is 19.3 Å². The van der Waals surface area contributed by atoms with Gasteiger partial charge in [-0.3, -0.25) is 4.90 Å². The van der Waals surface area contributed by atoms with Gasteiger partial charge in [0.1, 0.15) is 0 Å². The topological polar surface area (TPSA) is 29.3 Å². The van der Waals surface area contributed by atoms with E-state index in [9.17, 15) is 0 Å². The van der Waals surface area contributed by atoms with Crippen molar-refractivity contribution in [1.82, 2.24) is 4.90 Å². The van der Waals surface area contributed by atoms with Gasteiger partial charge in [-0.15, -0.1) is 0 Å². The van der Waals surface area contributed by atoms with Crippen molar-refractivity contribution < 1.29 is 0 Å². The molecule has 2 nitrogen and oxygen atoms in total. The third-order valence-corrected chi connectivity index (χ3v) is 2.67. The van der Waals surface area contributed by atoms with Crippen LogP contribution in [0.4, 0.5) is 0 Å². The molecule has 0 radical (unpaired) electrons. The van der Waals surface area contributed by atoms with Gasteiger partial charge >= 0.3 is 0 Å². The quantitative estimate of drug-likeness (QED) is 0.583. The van der Waals surface area contributed by atoms with Crippen molar-refractivity contribution in [3.05, 3.63) is 0 Å². The summed E-state index contributed by atoms with van der Waals surface area (Å²) in [6.45, 7) is 3.03. The fraction of sp³-hybridized carbons (Fsp3) is 1.00. The minimum atomic E-state index is 0.703. The van der Waals surface area contributed by atoms with E-state index in [1.807, 2.05) is 0 Å². The summed E-state index contributed by atoms with van der Waals surface area (Å²) in [5.74, 6) is 0.855. The molecule has 0 amide bonds. The molecule has 0 aromatic rings. The van der Waals surface area contributed by atoms with Gasteiger partial charge in [0, 0.05) is 12.7 Å². The van der Waals surface area contributed by atoms with E-state index in [4.69, 9.17) is 5.73 Å². The smallest absolute Gasteiger partial charge is 0.0455 e. The molecule has 1 aliphatic carbocycles. The minimum absolute atomic E-state index is 0.703. The maximum atomic E-state index is 5.54. The molecule has 60 valence electrons. The molecule has 1 aliphatic rings. The predicted octanol–water partition coefficient (Wildman–Crippen LogP) is 1.02. The first-order valence-corrected chi connectivity index (χ1v) is 4.16. The van der Waals surface area contributed by atoms with Gasteiger partial charge in [-0.2, -0.15) is 0 Å². The highest BCUT2D eigenvalue weighted by molar-refractivity contribution is 4.80. The molecular weight excluding hydrogens is 124 g/mol. The van der Waals surface area contributed by atoms with Crippen LogP contribution in [0.1, 0.15) is 26.2 Å². The first-order valence-electron chi connectivity index (χ1n) is 4.16. The average Bonchev–Trinajstić information content (AvgIpc) is 2.34. The zero-order valence-corrected chi connectivity index (χ0v) is 7.01. The first kappa shape index (κ1) is 8.02. The summed E-state index contributed by atoms with van der Waals surface area (Å²) >= 11 is 0. The average molecular weight is 142 g/mol. The Morgan fingerprint density at radius 2 is 2.20 bits per heavy atom. The molecule has 0 saturated heterocycles. The van der Waals surface area contributed by atoms with Crippen LogP contribution in [0.3, 0.4) is 0 Å². The van der Waals surface area contributed by atoms with Crippen molar-refractivity contribution in [3.8, 4) is 0 Å². The van der Waals surface area contributed by atoms with Crippen LogP contribution in [-0.4, -0.2) is 24.7 Å². The van der Waals surface area contributed by atoms with Gasteiger partial charge in [-0.25, -0.2) is 0 Å². The maximum Gasteiger partial charge on any atom is 0.0455 e. The lowest BCUT2D eigenvalue weighted by Crippen LogP contribution is -2.37. The van der Waals surface area contributed by atoms with E-state index >= 15 is 0 Å². The van der Waals surface area contributed by atoms with Crippen molar-refractivity contribution in [3.63, 3.8) is 0 Å². The van der Waals surface area contributed by atoms with Crippen molar-refractivity contribution in [2.45, 2.75) is 32.2 Å². The van der Waals surface area contributed by atoms with Gasteiger partial charge in [-0.1, -0.05) is 13.3 Å². The molecule has 1 saturated carbocycles. The molecule has 0 heterocycles. The Balaban J connectivity index is 2.38. The second-order valence-electron chi connectivity index (χ2n) is 3.42. The van der Waals surface area contributed by atoms with Gasteiger partial charge < -0.3 is 5.73 Å². The van der Waals surface area contributed by atoms with Crippen LogP contribution >= 0.6 is 0 Å². The molecule has 0 bridgehead atoms. The molecule has 2 atom stereocenters. The van der Waals surface area contributed by atoms with Crippen LogP contribution < -0.4 is 5.73 Å². The van der Waals surface area contributed by atoms with Crippen LogP contribution in [0.25, 0.3) is 0 Å². The van der Waals surface area contributed by atoms with Crippen LogP contribution in [0.15, 0.2) is 0 Å². The molecule has 0 aliphatic heterocycles. The Bertz CT molecular complexity index is 103. The summed E-state index contributed by atoms with van der Waals surface area (Å²) in [4.78, 5) is 2.26. The summed E-state index contributed by atoms with van der Waals surface area (Å²) in [6.07, 6.45) is 4.11. The highest BCUT2D eigenvalue weighted by Crippen LogP contribution is 2.27. The van der Waals surface area contributed by atoms with Gasteiger partial charge in [0.2, 0.25) is 0 Å². The Morgan fingerprint density at radius 3 is 2.60 bits per heavy atom. The molecule has 2 heteroatoms. The van der Waals surface area contributed by atoms with Crippen molar-refractivity contribution in [1.29, 1.82) is 0 Å². The van der Waals surface area contributed by atoms with Crippen molar-refractivity contribution in [2.24, 2.45) is 11.7 Å². The number of hydrogen-bond acceptors (Lipinski definition) is 2. The van der Waals surface area contributed by atoms with Crippen LogP contribution in [0.5, 0.6) is 0 Å². The molecule has 0 aromatic carbocycles. The van der Waals surface area contributed by atoms with Gasteiger partial charge in [0.15, 0.2) is 0 Å². The van der Waals surface area contributed by atoms with Crippen LogP contribution in [-0.2, 0) is 0 Å². The molecule has 2 unspecified atom stereocenters. The molecule has 1 rings (SSSR count). The fourth-order valence-electron chi connectivity index (χ4n) is 1.92. The van der Waals surface area contributed by atoms with Gasteiger partial charge in [-0.05, 0) is 25.8 Å². The third-order valence-electron chi connectivity index (χ3n) is 2.67. The Morgan fingerprint density at radius 1 is 1.50 bits per heavy atom. The Kier molecular flexibility index (Phi) is 2.69. The highest BCUT2D eigenvalue weighted by atomic mass is 15.2. The summed E-state index contributed by atoms with van der Waals surface area (Å²) in [5, 5.41) is 0. The molecule has 0 spiro atoms. The monoisotopic (exact) mass is 142 g/mol. The van der Waals surface area contributed by atoms with Gasteiger partial charge in [0.25, 0.3) is 0 Å². The largest absolute Gasteiger partial charge is 0.318 e. The van der Waals surface area contributed by atoms with E-state index in [0.29, 0.717) is 6.67 Å². The zero-order chi connectivity index (χ0) is 7.56. The molecular formula is C8H18N2. The van der Waals surface area contributed by atoms with E-state index in [2.05, 4.69) is 18.9 Å². The predicted molar refractivity (Wildman–Crippen MR) is 43.6 cm³/mol. The fourth-order valence-corrected chi connectivity index (χ4v) is 1.92. The SMILES string of the molecule is CC1CCCC1N(C)CN. The van der Waals surface area contributed by atoms with Crippen LogP contribution in [0.2, 0.25) is 0 Å². The Hall–Kier alpha value is -0.0800. The van der Waals surface area contributed by atoms with Crippen LogP contribution in [0, 0.1) is 5.92 Å². The first-order chi connectivity index (χ1) is 4.75. The second kappa shape index (κ2) is 3.35. The number of nitrogens with zero attached hydrogens (tertiary/aromatic N) is 1. The molecule has 2 N–H and O–H groups in total. The summed E-state index contributed by atoms with van der Waals surface area (Å²) < 4.78 is 0. The molecule has 0 aromatic heterocycles. The zero-order valence-electron chi connectivity index (χ0n) is 7.01. The lowest BCUT2D eigenvalue weighted by atomic mass is 10.1. The lowest BCUT2D eigenvalue weighted by Gasteiger charge is -2.25. The Labute approximate surface area is 63.4 Å². The van der Waals surface area contributed by atoms with E-state index in [-0.39, 0.29) is 0 Å². The minimum Gasteiger partial charge on any atom is -0.318 e. The third kappa shape index (κ3) is 1.50. The van der Waals surface area contributed by atoms with E-state index < -0.39 is 0 Å². The van der Waals surface area contributed by atoms with Crippen molar-refractivity contribution in [2.75, 3.05) is 13.7 Å². The number of nitrogens with two attached hydrogens (primary N) is 1. The van der Waals surface area contributed by atoms with E-state index in [0.717, 1.165) is 12.0 Å². The molecule has 10 heavy (non-hydrogen) atoms.